The van der Waals surface area contributed by atoms with Crippen LogP contribution in [-0.2, 0) is 38.3 Å². The van der Waals surface area contributed by atoms with Gasteiger partial charge in [0.2, 0.25) is 17.6 Å². The Morgan fingerprint density at radius 3 is 2.06 bits per heavy atom. The summed E-state index contributed by atoms with van der Waals surface area (Å²) in [5.41, 5.74) is 5.32. The standard InChI is InChI=1S/C18H27N3O11S/c1-2-32-18(31)12(22)8-33-7-11(20-13(23)5-3-9(19)16(27)28)15(26)21-10(17(29)30)4-6-14(24)25/h9-11H,2-8,19H2,1H3,(H,20,23)(H,21,26)(H,24,25)(H,27,28)(H,29,30). The highest BCUT2D eigenvalue weighted by Gasteiger charge is 2.28. The molecule has 0 fully saturated rings. The van der Waals surface area contributed by atoms with Crippen LogP contribution in [0.3, 0.4) is 0 Å². The summed E-state index contributed by atoms with van der Waals surface area (Å²) in [6, 6.07) is -4.24. The zero-order valence-electron chi connectivity index (χ0n) is 17.8. The highest BCUT2D eigenvalue weighted by atomic mass is 32.2. The lowest BCUT2D eigenvalue weighted by molar-refractivity contribution is -0.152. The number of ketones is 1. The van der Waals surface area contributed by atoms with Crippen LogP contribution in [0.4, 0.5) is 0 Å². The van der Waals surface area contributed by atoms with E-state index in [2.05, 4.69) is 15.4 Å². The number of thioether (sulfide) groups is 1. The third kappa shape index (κ3) is 13.1. The first kappa shape index (κ1) is 29.8. The largest absolute Gasteiger partial charge is 0.481 e. The van der Waals surface area contributed by atoms with Gasteiger partial charge in [-0.1, -0.05) is 0 Å². The molecule has 0 aliphatic rings. The molecular weight excluding hydrogens is 466 g/mol. The molecule has 0 rings (SSSR count). The summed E-state index contributed by atoms with van der Waals surface area (Å²) in [5, 5.41) is 31.1. The molecule has 0 spiro atoms. The van der Waals surface area contributed by atoms with Gasteiger partial charge in [-0.3, -0.25) is 24.0 Å². The van der Waals surface area contributed by atoms with Gasteiger partial charge in [0.25, 0.3) is 0 Å². The molecule has 0 aromatic rings. The second-order valence-electron chi connectivity index (χ2n) is 6.59. The van der Waals surface area contributed by atoms with E-state index in [1.165, 1.54) is 6.92 Å². The minimum absolute atomic E-state index is 0.0122. The number of nitrogens with one attached hydrogen (secondary N) is 2. The number of carboxylic acids is 3. The van der Waals surface area contributed by atoms with Crippen LogP contribution in [0, 0.1) is 0 Å². The molecule has 0 saturated carbocycles. The third-order valence-corrected chi connectivity index (χ3v) is 4.97. The summed E-state index contributed by atoms with van der Waals surface area (Å²) < 4.78 is 4.55. The Balaban J connectivity index is 5.17. The predicted octanol–water partition coefficient (Wildman–Crippen LogP) is -2.04. The average molecular weight is 493 g/mol. The van der Waals surface area contributed by atoms with Crippen LogP contribution < -0.4 is 16.4 Å². The molecule has 2 amide bonds. The van der Waals surface area contributed by atoms with E-state index in [1.807, 2.05) is 0 Å². The number of carbonyl (C=O) groups is 7. The van der Waals surface area contributed by atoms with E-state index in [9.17, 15) is 38.7 Å². The number of esters is 1. The molecule has 186 valence electrons. The summed E-state index contributed by atoms with van der Waals surface area (Å²) in [7, 11) is 0. The lowest BCUT2D eigenvalue weighted by Crippen LogP contribution is -2.53. The quantitative estimate of drug-likeness (QED) is 0.0946. The predicted molar refractivity (Wildman–Crippen MR) is 112 cm³/mol. The number of carboxylic acid groups (broad SMARTS) is 3. The van der Waals surface area contributed by atoms with Crippen molar-refractivity contribution < 1.29 is 53.6 Å². The smallest absolute Gasteiger partial charge is 0.375 e. The summed E-state index contributed by atoms with van der Waals surface area (Å²) in [5.74, 6) is -8.42. The minimum atomic E-state index is -1.56. The van der Waals surface area contributed by atoms with E-state index in [0.29, 0.717) is 0 Å². The number of carbonyl (C=O) groups excluding carboxylic acids is 4. The number of aliphatic carboxylic acids is 3. The van der Waals surface area contributed by atoms with Gasteiger partial charge in [0.1, 0.15) is 18.1 Å². The van der Waals surface area contributed by atoms with Gasteiger partial charge < -0.3 is 36.4 Å². The van der Waals surface area contributed by atoms with Crippen LogP contribution in [0.2, 0.25) is 0 Å². The first-order chi connectivity index (χ1) is 15.4. The van der Waals surface area contributed by atoms with E-state index in [0.717, 1.165) is 11.8 Å². The van der Waals surface area contributed by atoms with Crippen molar-refractivity contribution in [3.8, 4) is 0 Å². The molecular formula is C18H27N3O11S. The maximum atomic E-state index is 12.6. The second-order valence-corrected chi connectivity index (χ2v) is 7.62. The molecule has 0 bridgehead atoms. The first-order valence-electron chi connectivity index (χ1n) is 9.69. The number of rotatable bonds is 17. The maximum Gasteiger partial charge on any atom is 0.375 e. The summed E-state index contributed by atoms with van der Waals surface area (Å²) in [6.07, 6.45) is -1.55. The summed E-state index contributed by atoms with van der Waals surface area (Å²) in [4.78, 5) is 80.5. The van der Waals surface area contributed by atoms with Crippen molar-refractivity contribution >= 4 is 53.2 Å². The van der Waals surface area contributed by atoms with Crippen LogP contribution >= 0.6 is 11.8 Å². The maximum absolute atomic E-state index is 12.6. The number of hydrogen-bond acceptors (Lipinski definition) is 10. The summed E-state index contributed by atoms with van der Waals surface area (Å²) >= 11 is 0.791. The van der Waals surface area contributed by atoms with Gasteiger partial charge in [-0.05, 0) is 19.8 Å². The fourth-order valence-electron chi connectivity index (χ4n) is 2.20. The number of nitrogens with two attached hydrogens (primary N) is 1. The fourth-order valence-corrected chi connectivity index (χ4v) is 3.09. The van der Waals surface area contributed by atoms with Crippen molar-refractivity contribution in [3.05, 3.63) is 0 Å². The number of hydrogen-bond donors (Lipinski definition) is 6. The van der Waals surface area contributed by atoms with Gasteiger partial charge in [-0.15, -0.1) is 0 Å². The Labute approximate surface area is 192 Å². The Hall–Kier alpha value is -3.20. The van der Waals surface area contributed by atoms with Gasteiger partial charge in [0.05, 0.1) is 12.4 Å². The van der Waals surface area contributed by atoms with Gasteiger partial charge in [0.15, 0.2) is 0 Å². The third-order valence-electron chi connectivity index (χ3n) is 3.93. The molecule has 3 unspecified atom stereocenters. The SMILES string of the molecule is CCOC(=O)C(=O)CSCC(NC(=O)CCC(N)C(=O)O)C(=O)NC(CCC(=O)O)C(=O)O. The molecule has 0 radical (unpaired) electrons. The van der Waals surface area contributed by atoms with E-state index in [1.54, 1.807) is 0 Å². The minimum Gasteiger partial charge on any atom is -0.481 e. The molecule has 3 atom stereocenters. The molecule has 0 heterocycles. The fraction of sp³-hybridized carbons (Fsp3) is 0.611. The van der Waals surface area contributed by atoms with Gasteiger partial charge in [-0.2, -0.15) is 11.8 Å². The van der Waals surface area contributed by atoms with E-state index >= 15 is 0 Å². The zero-order chi connectivity index (χ0) is 25.6. The van der Waals surface area contributed by atoms with Gasteiger partial charge in [-0.25, -0.2) is 9.59 Å². The molecule has 0 aliphatic carbocycles. The molecule has 0 saturated heterocycles. The van der Waals surface area contributed by atoms with Crippen LogP contribution in [0.1, 0.15) is 32.6 Å². The Morgan fingerprint density at radius 2 is 1.55 bits per heavy atom. The average Bonchev–Trinajstić information content (AvgIpc) is 2.73. The van der Waals surface area contributed by atoms with Crippen LogP contribution in [-0.4, -0.2) is 93.0 Å². The molecule has 33 heavy (non-hydrogen) atoms. The number of amides is 2. The first-order valence-corrected chi connectivity index (χ1v) is 10.8. The Morgan fingerprint density at radius 1 is 0.909 bits per heavy atom. The second kappa shape index (κ2) is 15.6. The molecule has 15 heteroatoms. The van der Waals surface area contributed by atoms with Crippen molar-refractivity contribution in [1.29, 1.82) is 0 Å². The van der Waals surface area contributed by atoms with Crippen molar-refractivity contribution in [1.82, 2.24) is 10.6 Å². The molecule has 0 aromatic heterocycles. The topological polar surface area (TPSA) is 239 Å². The van der Waals surface area contributed by atoms with Crippen molar-refractivity contribution in [2.75, 3.05) is 18.1 Å². The molecule has 0 aromatic carbocycles. The zero-order valence-corrected chi connectivity index (χ0v) is 18.6. The van der Waals surface area contributed by atoms with Crippen LogP contribution in [0.15, 0.2) is 0 Å². The normalized spacial score (nSPS) is 13.2. The van der Waals surface area contributed by atoms with Crippen LogP contribution in [0.25, 0.3) is 0 Å². The van der Waals surface area contributed by atoms with Crippen molar-refractivity contribution in [2.45, 2.75) is 50.7 Å². The number of ether oxygens (including phenoxy) is 1. The van der Waals surface area contributed by atoms with Gasteiger partial charge >= 0.3 is 23.9 Å². The van der Waals surface area contributed by atoms with E-state index in [-0.39, 0.29) is 31.0 Å². The summed E-state index contributed by atoms with van der Waals surface area (Å²) in [6.45, 7) is 1.50. The van der Waals surface area contributed by atoms with E-state index < -0.39 is 72.4 Å². The molecule has 14 nitrogen and oxygen atoms in total. The molecule has 0 aliphatic heterocycles. The highest BCUT2D eigenvalue weighted by molar-refractivity contribution is 8.00. The highest BCUT2D eigenvalue weighted by Crippen LogP contribution is 2.07. The van der Waals surface area contributed by atoms with Crippen LogP contribution in [0.5, 0.6) is 0 Å². The van der Waals surface area contributed by atoms with Crippen molar-refractivity contribution in [3.63, 3.8) is 0 Å². The Kier molecular flexibility index (Phi) is 14.1. The Bertz CT molecular complexity index is 759. The number of Topliss-reactive ketones (excluding diaryl/α,β-unsaturated/α-hetero) is 1. The lowest BCUT2D eigenvalue weighted by atomic mass is 10.1. The molecule has 7 N–H and O–H groups in total. The van der Waals surface area contributed by atoms with Gasteiger partial charge in [0, 0.05) is 18.6 Å². The van der Waals surface area contributed by atoms with E-state index in [4.69, 9.17) is 15.9 Å². The monoisotopic (exact) mass is 493 g/mol. The van der Waals surface area contributed by atoms with Crippen molar-refractivity contribution in [2.24, 2.45) is 5.73 Å². The lowest BCUT2D eigenvalue weighted by Gasteiger charge is -2.21.